The summed E-state index contributed by atoms with van der Waals surface area (Å²) in [5.41, 5.74) is 4.57. The quantitative estimate of drug-likeness (QED) is 0.521. The average Bonchev–Trinajstić information content (AvgIpc) is 2.60. The molecule has 23 heavy (non-hydrogen) atoms. The first-order chi connectivity index (χ1) is 11.3. The van der Waals surface area contributed by atoms with Crippen molar-refractivity contribution in [3.8, 4) is 16.9 Å². The fraction of sp³-hybridized carbons (Fsp3) is 0.0476. The molecule has 0 saturated carbocycles. The minimum absolute atomic E-state index is 0.747. The third-order valence-electron chi connectivity index (χ3n) is 3.67. The van der Waals surface area contributed by atoms with E-state index >= 15 is 0 Å². The Hall–Kier alpha value is -2.51. The molecule has 0 radical (unpaired) electrons. The summed E-state index contributed by atoms with van der Waals surface area (Å²) in [5, 5.41) is 0.747. The van der Waals surface area contributed by atoms with Gasteiger partial charge in [0.05, 0.1) is 7.11 Å². The van der Waals surface area contributed by atoms with Crippen molar-refractivity contribution < 1.29 is 4.74 Å². The van der Waals surface area contributed by atoms with E-state index in [9.17, 15) is 0 Å². The first-order valence-corrected chi connectivity index (χ1v) is 7.81. The van der Waals surface area contributed by atoms with E-state index in [1.807, 2.05) is 54.6 Å². The van der Waals surface area contributed by atoms with Crippen LogP contribution in [-0.2, 0) is 0 Å². The summed E-state index contributed by atoms with van der Waals surface area (Å²) < 4.78 is 5.18. The number of benzene rings is 3. The monoisotopic (exact) mass is 320 g/mol. The molecular formula is C21H17ClO. The van der Waals surface area contributed by atoms with Gasteiger partial charge in [0.1, 0.15) is 5.75 Å². The van der Waals surface area contributed by atoms with Gasteiger partial charge in [0, 0.05) is 5.02 Å². The molecule has 0 aliphatic carbocycles. The Morgan fingerprint density at radius 2 is 1.61 bits per heavy atom. The topological polar surface area (TPSA) is 9.23 Å². The molecule has 0 spiro atoms. The van der Waals surface area contributed by atoms with E-state index in [1.54, 1.807) is 7.11 Å². The number of rotatable bonds is 4. The maximum Gasteiger partial charge on any atom is 0.118 e. The molecule has 0 unspecified atom stereocenters. The minimum Gasteiger partial charge on any atom is -0.497 e. The molecule has 0 amide bonds. The van der Waals surface area contributed by atoms with Gasteiger partial charge in [-0.3, -0.25) is 0 Å². The van der Waals surface area contributed by atoms with Crippen molar-refractivity contribution in [3.05, 3.63) is 88.9 Å². The van der Waals surface area contributed by atoms with Crippen LogP contribution in [0.25, 0.3) is 23.3 Å². The fourth-order valence-electron chi connectivity index (χ4n) is 2.46. The smallest absolute Gasteiger partial charge is 0.118 e. The van der Waals surface area contributed by atoms with E-state index in [0.29, 0.717) is 0 Å². The maximum absolute atomic E-state index is 6.12. The molecule has 3 aromatic rings. The summed E-state index contributed by atoms with van der Waals surface area (Å²) in [5.74, 6) is 0.862. The molecule has 0 bridgehead atoms. The molecule has 2 heteroatoms. The summed E-state index contributed by atoms with van der Waals surface area (Å²) in [4.78, 5) is 0. The number of hydrogen-bond acceptors (Lipinski definition) is 1. The number of ether oxygens (including phenoxy) is 1. The van der Waals surface area contributed by atoms with E-state index in [2.05, 4.69) is 30.4 Å². The van der Waals surface area contributed by atoms with Gasteiger partial charge in [-0.2, -0.15) is 0 Å². The highest BCUT2D eigenvalue weighted by Crippen LogP contribution is 2.27. The van der Waals surface area contributed by atoms with Crippen LogP contribution in [-0.4, -0.2) is 7.11 Å². The van der Waals surface area contributed by atoms with Crippen LogP contribution in [0, 0.1) is 0 Å². The lowest BCUT2D eigenvalue weighted by atomic mass is 9.99. The van der Waals surface area contributed by atoms with Gasteiger partial charge >= 0.3 is 0 Å². The van der Waals surface area contributed by atoms with E-state index in [4.69, 9.17) is 16.3 Å². The van der Waals surface area contributed by atoms with Crippen molar-refractivity contribution >= 4 is 23.8 Å². The summed E-state index contributed by atoms with van der Waals surface area (Å²) >= 11 is 6.12. The van der Waals surface area contributed by atoms with Crippen LogP contribution < -0.4 is 4.74 Å². The lowest BCUT2D eigenvalue weighted by Gasteiger charge is -2.07. The van der Waals surface area contributed by atoms with Crippen LogP contribution in [0.4, 0.5) is 0 Å². The Kier molecular flexibility index (Phi) is 4.80. The van der Waals surface area contributed by atoms with E-state index in [1.165, 1.54) is 5.56 Å². The molecule has 3 aromatic carbocycles. The summed E-state index contributed by atoms with van der Waals surface area (Å²) in [7, 11) is 1.67. The van der Waals surface area contributed by atoms with Gasteiger partial charge in [0.25, 0.3) is 0 Å². The summed E-state index contributed by atoms with van der Waals surface area (Å²) in [6, 6.07) is 24.2. The third kappa shape index (κ3) is 3.82. The zero-order chi connectivity index (χ0) is 16.1. The molecule has 0 fully saturated rings. The normalized spacial score (nSPS) is 10.9. The molecule has 3 rings (SSSR count). The zero-order valence-corrected chi connectivity index (χ0v) is 13.6. The lowest BCUT2D eigenvalue weighted by Crippen LogP contribution is -1.83. The first-order valence-electron chi connectivity index (χ1n) is 7.43. The van der Waals surface area contributed by atoms with E-state index in [0.717, 1.165) is 27.5 Å². The molecule has 1 nitrogen and oxygen atoms in total. The Morgan fingerprint density at radius 3 is 2.35 bits per heavy atom. The second-order valence-corrected chi connectivity index (χ2v) is 5.64. The Morgan fingerprint density at radius 1 is 0.826 bits per heavy atom. The van der Waals surface area contributed by atoms with Gasteiger partial charge in [-0.15, -0.1) is 0 Å². The van der Waals surface area contributed by atoms with Crippen LogP contribution in [0.5, 0.6) is 5.75 Å². The van der Waals surface area contributed by atoms with Crippen molar-refractivity contribution in [2.24, 2.45) is 0 Å². The van der Waals surface area contributed by atoms with E-state index < -0.39 is 0 Å². The van der Waals surface area contributed by atoms with Gasteiger partial charge in [0.2, 0.25) is 0 Å². The molecule has 0 atom stereocenters. The number of hydrogen-bond donors (Lipinski definition) is 0. The molecule has 114 valence electrons. The largest absolute Gasteiger partial charge is 0.497 e. The standard InChI is InChI=1S/C21H17ClO/c1-23-20-13-10-16(11-14-20)9-12-17-5-2-3-8-21(17)18-6-4-7-19(22)15-18/h2-15H,1H3/b12-9+. The van der Waals surface area contributed by atoms with Gasteiger partial charge in [-0.1, -0.05) is 72.3 Å². The molecule has 0 aliphatic rings. The molecule has 0 saturated heterocycles. The van der Waals surface area contributed by atoms with Crippen molar-refractivity contribution in [1.82, 2.24) is 0 Å². The molecule has 0 N–H and O–H groups in total. The van der Waals surface area contributed by atoms with Gasteiger partial charge in [-0.05, 0) is 46.5 Å². The van der Waals surface area contributed by atoms with Crippen LogP contribution in [0.2, 0.25) is 5.02 Å². The zero-order valence-electron chi connectivity index (χ0n) is 12.9. The lowest BCUT2D eigenvalue weighted by molar-refractivity contribution is 0.415. The van der Waals surface area contributed by atoms with Crippen molar-refractivity contribution in [1.29, 1.82) is 0 Å². The van der Waals surface area contributed by atoms with Gasteiger partial charge in [-0.25, -0.2) is 0 Å². The Labute approximate surface area is 141 Å². The predicted molar refractivity (Wildman–Crippen MR) is 98.8 cm³/mol. The second kappa shape index (κ2) is 7.17. The van der Waals surface area contributed by atoms with Crippen LogP contribution in [0.15, 0.2) is 72.8 Å². The summed E-state index contributed by atoms with van der Waals surface area (Å²) in [6.45, 7) is 0. The first kappa shape index (κ1) is 15.4. The molecular weight excluding hydrogens is 304 g/mol. The van der Waals surface area contributed by atoms with Crippen LogP contribution in [0.1, 0.15) is 11.1 Å². The van der Waals surface area contributed by atoms with E-state index in [-0.39, 0.29) is 0 Å². The third-order valence-corrected chi connectivity index (χ3v) is 3.90. The van der Waals surface area contributed by atoms with Crippen molar-refractivity contribution in [3.63, 3.8) is 0 Å². The van der Waals surface area contributed by atoms with Crippen molar-refractivity contribution in [2.45, 2.75) is 0 Å². The molecule has 0 heterocycles. The highest BCUT2D eigenvalue weighted by Gasteiger charge is 2.02. The Bertz CT molecular complexity index is 819. The Balaban J connectivity index is 1.92. The minimum atomic E-state index is 0.747. The van der Waals surface area contributed by atoms with Gasteiger partial charge < -0.3 is 4.74 Å². The second-order valence-electron chi connectivity index (χ2n) is 5.20. The van der Waals surface area contributed by atoms with Gasteiger partial charge in [0.15, 0.2) is 0 Å². The SMILES string of the molecule is COc1ccc(/C=C/c2ccccc2-c2cccc(Cl)c2)cc1. The highest BCUT2D eigenvalue weighted by molar-refractivity contribution is 6.30. The summed E-state index contributed by atoms with van der Waals surface area (Å²) in [6.07, 6.45) is 4.22. The molecule has 0 aromatic heterocycles. The fourth-order valence-corrected chi connectivity index (χ4v) is 2.65. The molecule has 0 aliphatic heterocycles. The average molecular weight is 321 g/mol. The number of methoxy groups -OCH3 is 1. The van der Waals surface area contributed by atoms with Crippen LogP contribution in [0.3, 0.4) is 0 Å². The van der Waals surface area contributed by atoms with Crippen molar-refractivity contribution in [2.75, 3.05) is 7.11 Å². The number of halogens is 1. The maximum atomic E-state index is 6.12. The highest BCUT2D eigenvalue weighted by atomic mass is 35.5. The van der Waals surface area contributed by atoms with Crippen LogP contribution >= 0.6 is 11.6 Å². The predicted octanol–water partition coefficient (Wildman–Crippen LogP) is 6.19.